The summed E-state index contributed by atoms with van der Waals surface area (Å²) in [5.41, 5.74) is 1.58. The van der Waals surface area contributed by atoms with E-state index in [1.807, 2.05) is 72.8 Å². The lowest BCUT2D eigenvalue weighted by Gasteiger charge is -2.46. The molecule has 6 heteroatoms. The van der Waals surface area contributed by atoms with Crippen molar-refractivity contribution in [3.8, 4) is 0 Å². The molecular formula is C34H35BO5. The van der Waals surface area contributed by atoms with Crippen LogP contribution in [0.5, 0.6) is 0 Å². The third-order valence-corrected chi connectivity index (χ3v) is 7.64. The Hall–Kier alpha value is -3.52. The van der Waals surface area contributed by atoms with Crippen molar-refractivity contribution >= 4 is 7.12 Å². The molecule has 1 aliphatic rings. The summed E-state index contributed by atoms with van der Waals surface area (Å²) in [4.78, 5) is 0. The van der Waals surface area contributed by atoms with Gasteiger partial charge in [0.2, 0.25) is 0 Å². The lowest BCUT2D eigenvalue weighted by Crippen LogP contribution is -2.56. The Morgan fingerprint density at radius 3 is 1.18 bits per heavy atom. The summed E-state index contributed by atoms with van der Waals surface area (Å²) in [6.07, 6.45) is -0.337. The van der Waals surface area contributed by atoms with Gasteiger partial charge in [-0.25, -0.2) is 0 Å². The van der Waals surface area contributed by atoms with Gasteiger partial charge in [0.15, 0.2) is 0 Å². The van der Waals surface area contributed by atoms with Crippen molar-refractivity contribution in [2.75, 3.05) is 14.2 Å². The second-order valence-corrected chi connectivity index (χ2v) is 9.95. The predicted molar refractivity (Wildman–Crippen MR) is 158 cm³/mol. The van der Waals surface area contributed by atoms with Crippen molar-refractivity contribution in [2.45, 2.75) is 36.4 Å². The zero-order chi connectivity index (χ0) is 28.0. The Balaban J connectivity index is 1.80. The van der Waals surface area contributed by atoms with E-state index in [-0.39, 0.29) is 0 Å². The predicted octanol–water partition coefficient (Wildman–Crippen LogP) is 5.92. The van der Waals surface area contributed by atoms with Crippen LogP contribution >= 0.6 is 0 Å². The van der Waals surface area contributed by atoms with Gasteiger partial charge >= 0.3 is 7.12 Å². The van der Waals surface area contributed by atoms with Crippen molar-refractivity contribution < 1.29 is 23.9 Å². The van der Waals surface area contributed by atoms with Gasteiger partial charge in [-0.3, -0.25) is 0 Å². The smallest absolute Gasteiger partial charge is 0.398 e. The topological polar surface area (TPSA) is 57.2 Å². The van der Waals surface area contributed by atoms with Crippen molar-refractivity contribution in [1.82, 2.24) is 0 Å². The van der Waals surface area contributed by atoms with Gasteiger partial charge in [0.05, 0.1) is 6.10 Å². The van der Waals surface area contributed by atoms with Crippen LogP contribution in [0.3, 0.4) is 0 Å². The highest BCUT2D eigenvalue weighted by Gasteiger charge is 2.61. The molecule has 5 nitrogen and oxygen atoms in total. The molecule has 40 heavy (non-hydrogen) atoms. The van der Waals surface area contributed by atoms with E-state index in [0.29, 0.717) is 0 Å². The first-order valence-electron chi connectivity index (χ1n) is 13.6. The molecule has 5 rings (SSSR count). The Bertz CT molecular complexity index is 1180. The van der Waals surface area contributed by atoms with E-state index in [0.717, 1.165) is 22.3 Å². The number of aliphatic hydroxyl groups excluding tert-OH is 1. The van der Waals surface area contributed by atoms with Crippen molar-refractivity contribution in [2.24, 2.45) is 0 Å². The van der Waals surface area contributed by atoms with Crippen LogP contribution in [0.2, 0.25) is 0 Å². The van der Waals surface area contributed by atoms with E-state index in [1.54, 1.807) is 33.2 Å². The lowest BCUT2D eigenvalue weighted by molar-refractivity contribution is -0.136. The van der Waals surface area contributed by atoms with Gasteiger partial charge in [-0.2, -0.15) is 0 Å². The van der Waals surface area contributed by atoms with Crippen LogP contribution in [0.1, 0.15) is 29.2 Å². The lowest BCUT2D eigenvalue weighted by atomic mass is 9.71. The fourth-order valence-electron chi connectivity index (χ4n) is 5.86. The Morgan fingerprint density at radius 1 is 0.625 bits per heavy atom. The largest absolute Gasteiger partial charge is 0.486 e. The molecule has 4 aromatic carbocycles. The van der Waals surface area contributed by atoms with Crippen molar-refractivity contribution in [1.29, 1.82) is 0 Å². The molecule has 0 saturated carbocycles. The molecule has 1 fully saturated rings. The number of aliphatic hydroxyl groups is 1. The van der Waals surface area contributed by atoms with Crippen LogP contribution in [0, 0.1) is 0 Å². The summed E-state index contributed by atoms with van der Waals surface area (Å²) in [7, 11) is 2.66. The molecule has 0 aliphatic carbocycles. The highest BCUT2D eigenvalue weighted by Crippen LogP contribution is 2.50. The molecule has 204 valence electrons. The first-order valence-corrected chi connectivity index (χ1v) is 13.6. The average Bonchev–Trinajstić information content (AvgIpc) is 3.44. The number of rotatable bonds is 10. The molecule has 1 N–H and O–H groups in total. The van der Waals surface area contributed by atoms with Gasteiger partial charge in [-0.15, -0.1) is 0 Å². The van der Waals surface area contributed by atoms with Gasteiger partial charge in [-0.05, 0) is 29.2 Å². The molecule has 1 aliphatic heterocycles. The molecule has 1 heterocycles. The second-order valence-electron chi connectivity index (χ2n) is 9.95. The van der Waals surface area contributed by atoms with E-state index in [2.05, 4.69) is 48.5 Å². The van der Waals surface area contributed by atoms with Crippen molar-refractivity contribution in [3.63, 3.8) is 0 Å². The summed E-state index contributed by atoms with van der Waals surface area (Å²) >= 11 is 0. The molecule has 0 aromatic heterocycles. The number of methoxy groups -OCH3 is 2. The highest BCUT2D eigenvalue weighted by molar-refractivity contribution is 6.51. The van der Waals surface area contributed by atoms with Crippen LogP contribution < -0.4 is 0 Å². The quantitative estimate of drug-likeness (QED) is 0.256. The van der Waals surface area contributed by atoms with Crippen LogP contribution in [0.15, 0.2) is 133 Å². The highest BCUT2D eigenvalue weighted by atomic mass is 16.7. The number of benzene rings is 4. The maximum Gasteiger partial charge on any atom is 0.486 e. The Morgan fingerprint density at radius 2 is 0.925 bits per heavy atom. The maximum absolute atomic E-state index is 10.0. The minimum Gasteiger partial charge on any atom is -0.398 e. The van der Waals surface area contributed by atoms with Gasteiger partial charge < -0.3 is 23.9 Å². The minimum absolute atomic E-state index is 0.657. The monoisotopic (exact) mass is 534 g/mol. The fraction of sp³-hybridized carbons (Fsp3) is 0.235. The van der Waals surface area contributed by atoms with Gasteiger partial charge in [-0.1, -0.05) is 133 Å². The van der Waals surface area contributed by atoms with E-state index < -0.39 is 36.6 Å². The SMILES string of the molecule is COC(c1ccccc1)(c1ccccc1)[C@@H]1OB(/C=C/[C@@H](C)O)O[C@H]1C(OC)(c1ccccc1)c1ccccc1. The zero-order valence-electron chi connectivity index (χ0n) is 23.1. The van der Waals surface area contributed by atoms with Gasteiger partial charge in [0.25, 0.3) is 0 Å². The maximum atomic E-state index is 10.0. The molecule has 3 atom stereocenters. The number of hydrogen-bond acceptors (Lipinski definition) is 5. The van der Waals surface area contributed by atoms with Crippen molar-refractivity contribution in [3.05, 3.63) is 156 Å². The molecular weight excluding hydrogens is 499 g/mol. The summed E-state index contributed by atoms with van der Waals surface area (Å²) in [6.45, 7) is 1.70. The third kappa shape index (κ3) is 5.05. The third-order valence-electron chi connectivity index (χ3n) is 7.64. The van der Waals surface area contributed by atoms with E-state index >= 15 is 0 Å². The first-order chi connectivity index (χ1) is 19.6. The Kier molecular flexibility index (Phi) is 8.65. The standard InChI is InChI=1S/C34H35BO5/c1-26(36)24-25-35-39-31(33(37-2,27-16-8-4-9-17-27)28-18-10-5-11-19-28)32(40-35)34(38-3,29-20-12-6-13-21-29)30-22-14-7-15-23-30/h4-26,31-32,36H,1-3H3/b25-24+/t26-,31-,32-/m1/s1. The molecule has 0 radical (unpaired) electrons. The first kappa shape index (κ1) is 28.0. The fourth-order valence-corrected chi connectivity index (χ4v) is 5.86. The summed E-state index contributed by atoms with van der Waals surface area (Å²) < 4.78 is 26.8. The normalized spacial score (nSPS) is 18.8. The molecule has 0 amide bonds. The zero-order valence-corrected chi connectivity index (χ0v) is 23.1. The summed E-state index contributed by atoms with van der Waals surface area (Å²) in [5, 5.41) is 10.0. The number of hydrogen-bond donors (Lipinski definition) is 1. The minimum atomic E-state index is -1.06. The molecule has 0 spiro atoms. The molecule has 1 saturated heterocycles. The second kappa shape index (κ2) is 12.3. The average molecular weight is 534 g/mol. The van der Waals surface area contributed by atoms with E-state index in [4.69, 9.17) is 18.8 Å². The van der Waals surface area contributed by atoms with Crippen LogP contribution in [-0.4, -0.2) is 44.8 Å². The van der Waals surface area contributed by atoms with Crippen LogP contribution in [0.4, 0.5) is 0 Å². The number of ether oxygens (including phenoxy) is 2. The van der Waals surface area contributed by atoms with Crippen LogP contribution in [-0.2, 0) is 30.0 Å². The summed E-state index contributed by atoms with van der Waals surface area (Å²) in [6, 6.07) is 40.3. The molecule has 4 aromatic rings. The van der Waals surface area contributed by atoms with Gasteiger partial charge in [0.1, 0.15) is 23.4 Å². The molecule has 0 unspecified atom stereocenters. The van der Waals surface area contributed by atoms with E-state index in [1.165, 1.54) is 0 Å². The summed E-state index contributed by atoms with van der Waals surface area (Å²) in [5.74, 6) is 1.75. The van der Waals surface area contributed by atoms with Gasteiger partial charge in [0, 0.05) is 14.2 Å². The van der Waals surface area contributed by atoms with Crippen LogP contribution in [0.25, 0.3) is 0 Å². The van der Waals surface area contributed by atoms with E-state index in [9.17, 15) is 5.11 Å². The Labute approximate surface area is 237 Å². The molecule has 0 bridgehead atoms.